The van der Waals surface area contributed by atoms with Gasteiger partial charge in [-0.3, -0.25) is 19.7 Å². The molecule has 1 aliphatic rings. The van der Waals surface area contributed by atoms with Crippen molar-refractivity contribution in [3.05, 3.63) is 30.3 Å². The predicted molar refractivity (Wildman–Crippen MR) is 107 cm³/mol. The number of hydrogen-bond acceptors (Lipinski definition) is 6. The van der Waals surface area contributed by atoms with E-state index in [4.69, 9.17) is 15.1 Å². The Bertz CT molecular complexity index is 533. The van der Waals surface area contributed by atoms with Gasteiger partial charge in [0.25, 0.3) is 0 Å². The summed E-state index contributed by atoms with van der Waals surface area (Å²) in [6.07, 6.45) is 4.13. The summed E-state index contributed by atoms with van der Waals surface area (Å²) in [7, 11) is 0. The van der Waals surface area contributed by atoms with Gasteiger partial charge in [0.2, 0.25) is 11.8 Å². The van der Waals surface area contributed by atoms with Crippen molar-refractivity contribution in [1.82, 2.24) is 10.4 Å². The van der Waals surface area contributed by atoms with Gasteiger partial charge in [0.05, 0.1) is 19.8 Å². The van der Waals surface area contributed by atoms with Crippen molar-refractivity contribution in [3.63, 3.8) is 0 Å². The van der Waals surface area contributed by atoms with Crippen LogP contribution in [0.5, 0.6) is 0 Å². The van der Waals surface area contributed by atoms with Crippen molar-refractivity contribution < 1.29 is 24.6 Å². The molecule has 1 aliphatic heterocycles. The van der Waals surface area contributed by atoms with Gasteiger partial charge < -0.3 is 15.2 Å². The topological polar surface area (TPSA) is 111 Å². The lowest BCUT2D eigenvalue weighted by Crippen LogP contribution is -2.37. The van der Waals surface area contributed by atoms with Gasteiger partial charge in [0, 0.05) is 38.2 Å². The Morgan fingerprint density at radius 2 is 1.57 bits per heavy atom. The number of nitrogens with one attached hydrogen (secondary N) is 2. The second kappa shape index (κ2) is 16.0. The molecule has 0 spiro atoms. The van der Waals surface area contributed by atoms with Crippen LogP contribution in [0.25, 0.3) is 0 Å². The Labute approximate surface area is 166 Å². The number of para-hydroxylation sites is 1. The molecule has 1 aromatic rings. The normalized spacial score (nSPS) is 13.9. The molecule has 1 fully saturated rings. The molecule has 0 unspecified atom stereocenters. The molecule has 8 nitrogen and oxygen atoms in total. The van der Waals surface area contributed by atoms with Gasteiger partial charge in [-0.15, -0.1) is 0 Å². The van der Waals surface area contributed by atoms with Crippen molar-refractivity contribution in [2.45, 2.75) is 38.5 Å². The number of carbonyl (C=O) groups excluding carboxylic acids is 2. The molecule has 158 valence electrons. The number of ether oxygens (including phenoxy) is 1. The first-order valence-electron chi connectivity index (χ1n) is 9.84. The Morgan fingerprint density at radius 1 is 0.964 bits per heavy atom. The van der Waals surface area contributed by atoms with Gasteiger partial charge in [-0.2, -0.15) is 0 Å². The molecule has 4 N–H and O–H groups in total. The molecule has 2 amide bonds. The molecule has 1 heterocycles. The highest BCUT2D eigenvalue weighted by Crippen LogP contribution is 2.09. The maximum absolute atomic E-state index is 11.6. The van der Waals surface area contributed by atoms with Crippen LogP contribution in [0.1, 0.15) is 38.5 Å². The number of aliphatic hydroxyl groups is 1. The monoisotopic (exact) mass is 395 g/mol. The van der Waals surface area contributed by atoms with E-state index in [-0.39, 0.29) is 18.4 Å². The zero-order valence-corrected chi connectivity index (χ0v) is 16.4. The van der Waals surface area contributed by atoms with E-state index in [1.165, 1.54) is 0 Å². The first-order chi connectivity index (χ1) is 13.7. The van der Waals surface area contributed by atoms with Crippen LogP contribution in [-0.2, 0) is 14.3 Å². The van der Waals surface area contributed by atoms with Crippen LogP contribution in [0.15, 0.2) is 30.3 Å². The summed E-state index contributed by atoms with van der Waals surface area (Å²) in [5.74, 6) is -0.346. The zero-order valence-electron chi connectivity index (χ0n) is 16.4. The number of β-amino-alcohol motifs (C(OH)–C–C–N with tert-alkyl or cyclic N) is 1. The van der Waals surface area contributed by atoms with Crippen LogP contribution in [0.2, 0.25) is 0 Å². The number of hydroxylamine groups is 1. The molecule has 0 aromatic heterocycles. The summed E-state index contributed by atoms with van der Waals surface area (Å²) in [5, 5.41) is 19.7. The molecule has 0 atom stereocenters. The number of nitrogens with zero attached hydrogens (tertiary/aromatic N) is 1. The summed E-state index contributed by atoms with van der Waals surface area (Å²) in [6, 6.07) is 9.36. The minimum atomic E-state index is -0.359. The largest absolute Gasteiger partial charge is 0.395 e. The summed E-state index contributed by atoms with van der Waals surface area (Å²) >= 11 is 0. The minimum absolute atomic E-state index is 0.0132. The summed E-state index contributed by atoms with van der Waals surface area (Å²) < 4.78 is 5.12. The van der Waals surface area contributed by atoms with E-state index in [1.807, 2.05) is 30.3 Å². The number of anilines is 1. The molecule has 1 saturated heterocycles. The van der Waals surface area contributed by atoms with Crippen LogP contribution < -0.4 is 10.8 Å². The van der Waals surface area contributed by atoms with Gasteiger partial charge in [-0.1, -0.05) is 31.0 Å². The number of benzene rings is 1. The van der Waals surface area contributed by atoms with Crippen LogP contribution in [0.4, 0.5) is 5.69 Å². The summed E-state index contributed by atoms with van der Waals surface area (Å²) in [6.45, 7) is 4.64. The zero-order chi connectivity index (χ0) is 20.5. The van der Waals surface area contributed by atoms with E-state index in [0.717, 1.165) is 64.2 Å². The third-order valence-corrected chi connectivity index (χ3v) is 4.26. The van der Waals surface area contributed by atoms with Crippen molar-refractivity contribution in [3.8, 4) is 0 Å². The standard InChI is InChI=1S/C14H20N2O3.C6H13NO2/c17-13(15-12-8-4-3-5-9-12)10-6-1-2-7-11-14(18)16-19;8-4-1-7-2-5-9-6-3-7/h3-5,8-9,19H,1-2,6-7,10-11H2,(H,15,17)(H,16,18);8H,1-6H2. The lowest BCUT2D eigenvalue weighted by atomic mass is 10.1. The molecule has 0 bridgehead atoms. The number of carbonyl (C=O) groups is 2. The van der Waals surface area contributed by atoms with Crippen molar-refractivity contribution in [2.24, 2.45) is 0 Å². The Balaban J connectivity index is 0.000000362. The fraction of sp³-hybridized carbons (Fsp3) is 0.600. The van der Waals surface area contributed by atoms with E-state index in [0.29, 0.717) is 12.8 Å². The van der Waals surface area contributed by atoms with E-state index in [9.17, 15) is 9.59 Å². The van der Waals surface area contributed by atoms with Crippen LogP contribution >= 0.6 is 0 Å². The van der Waals surface area contributed by atoms with E-state index in [2.05, 4.69) is 10.2 Å². The Kier molecular flexibility index (Phi) is 13.7. The van der Waals surface area contributed by atoms with Gasteiger partial charge in [-0.05, 0) is 25.0 Å². The molecular formula is C20H33N3O5. The lowest BCUT2D eigenvalue weighted by molar-refractivity contribution is -0.129. The molecule has 8 heteroatoms. The van der Waals surface area contributed by atoms with Gasteiger partial charge in [-0.25, -0.2) is 5.48 Å². The molecular weight excluding hydrogens is 362 g/mol. The number of morpholine rings is 1. The fourth-order valence-electron chi connectivity index (χ4n) is 2.69. The van der Waals surface area contributed by atoms with Crippen molar-refractivity contribution >= 4 is 17.5 Å². The van der Waals surface area contributed by atoms with Crippen LogP contribution in [0, 0.1) is 0 Å². The molecule has 0 saturated carbocycles. The minimum Gasteiger partial charge on any atom is -0.395 e. The number of rotatable bonds is 10. The first-order valence-corrected chi connectivity index (χ1v) is 9.84. The molecule has 0 aliphatic carbocycles. The SMILES string of the molecule is O=C(CCCCCCC(=O)Nc1ccccc1)NO.OCCN1CCOCC1. The maximum Gasteiger partial charge on any atom is 0.243 e. The summed E-state index contributed by atoms with van der Waals surface area (Å²) in [5.41, 5.74) is 2.41. The van der Waals surface area contributed by atoms with Crippen LogP contribution in [-0.4, -0.2) is 66.5 Å². The van der Waals surface area contributed by atoms with Crippen LogP contribution in [0.3, 0.4) is 0 Å². The second-order valence-electron chi connectivity index (χ2n) is 6.54. The van der Waals surface area contributed by atoms with Gasteiger partial charge in [0.15, 0.2) is 0 Å². The first kappa shape index (κ1) is 24.0. The van der Waals surface area contributed by atoms with Crippen molar-refractivity contribution in [2.75, 3.05) is 44.8 Å². The predicted octanol–water partition coefficient (Wildman–Crippen LogP) is 1.78. The molecule has 28 heavy (non-hydrogen) atoms. The lowest BCUT2D eigenvalue weighted by Gasteiger charge is -2.25. The van der Waals surface area contributed by atoms with Gasteiger partial charge >= 0.3 is 0 Å². The van der Waals surface area contributed by atoms with Crippen molar-refractivity contribution in [1.29, 1.82) is 0 Å². The number of unbranched alkanes of at least 4 members (excludes halogenated alkanes) is 3. The highest BCUT2D eigenvalue weighted by atomic mass is 16.5. The van der Waals surface area contributed by atoms with E-state index < -0.39 is 0 Å². The highest BCUT2D eigenvalue weighted by Gasteiger charge is 2.07. The highest BCUT2D eigenvalue weighted by molar-refractivity contribution is 5.90. The average molecular weight is 396 g/mol. The average Bonchev–Trinajstić information content (AvgIpc) is 2.72. The number of amides is 2. The number of aliphatic hydroxyl groups excluding tert-OH is 1. The quantitative estimate of drug-likeness (QED) is 0.273. The molecule has 0 radical (unpaired) electrons. The third kappa shape index (κ3) is 12.4. The van der Waals surface area contributed by atoms with Gasteiger partial charge in [0.1, 0.15) is 0 Å². The number of hydrogen-bond donors (Lipinski definition) is 4. The van der Waals surface area contributed by atoms with E-state index >= 15 is 0 Å². The third-order valence-electron chi connectivity index (χ3n) is 4.26. The summed E-state index contributed by atoms with van der Waals surface area (Å²) in [4.78, 5) is 24.5. The Morgan fingerprint density at radius 3 is 2.14 bits per heavy atom. The Hall–Kier alpha value is -2.00. The van der Waals surface area contributed by atoms with E-state index in [1.54, 1.807) is 5.48 Å². The molecule has 1 aromatic carbocycles. The second-order valence-corrected chi connectivity index (χ2v) is 6.54. The maximum atomic E-state index is 11.6. The molecule has 2 rings (SSSR count). The fourth-order valence-corrected chi connectivity index (χ4v) is 2.69. The smallest absolute Gasteiger partial charge is 0.243 e.